The largest absolute Gasteiger partial charge is 0.493 e. The zero-order valence-corrected chi connectivity index (χ0v) is 20.4. The van der Waals surface area contributed by atoms with Crippen LogP contribution in [0.4, 0.5) is 5.69 Å². The van der Waals surface area contributed by atoms with Crippen LogP contribution in [0.5, 0.6) is 11.5 Å². The Bertz CT molecular complexity index is 1070. The molecule has 3 amide bonds. The number of carbonyl (C=O) groups excluding carboxylic acids is 3. The van der Waals surface area contributed by atoms with Gasteiger partial charge in [0.25, 0.3) is 5.91 Å². The Morgan fingerprint density at radius 3 is 2.56 bits per heavy atom. The molecule has 3 N–H and O–H groups in total. The van der Waals surface area contributed by atoms with Crippen molar-refractivity contribution in [3.05, 3.63) is 52.0 Å². The molecule has 2 aromatic carbocycles. The lowest BCUT2D eigenvalue weighted by molar-refractivity contribution is -0.139. The zero-order chi connectivity index (χ0) is 25.1. The average molecular weight is 489 g/mol. The molecule has 2 aromatic rings. The van der Waals surface area contributed by atoms with Crippen LogP contribution in [0.15, 0.2) is 35.4 Å². The van der Waals surface area contributed by atoms with Gasteiger partial charge < -0.3 is 20.1 Å². The fraction of sp³-hybridized carbons (Fsp3) is 0.333. The molecule has 0 saturated carbocycles. The molecule has 2 rings (SSSR count). The Morgan fingerprint density at radius 2 is 1.88 bits per heavy atom. The normalized spacial score (nSPS) is 10.6. The Kier molecular flexibility index (Phi) is 10.3. The van der Waals surface area contributed by atoms with Gasteiger partial charge in [-0.3, -0.25) is 14.4 Å². The predicted molar refractivity (Wildman–Crippen MR) is 132 cm³/mol. The number of nitrogens with zero attached hydrogens (tertiary/aromatic N) is 1. The molecule has 0 bridgehead atoms. The van der Waals surface area contributed by atoms with E-state index >= 15 is 0 Å². The summed E-state index contributed by atoms with van der Waals surface area (Å²) in [6.07, 6.45) is 2.99. The van der Waals surface area contributed by atoms with Crippen molar-refractivity contribution in [1.82, 2.24) is 10.7 Å². The van der Waals surface area contributed by atoms with E-state index in [9.17, 15) is 14.4 Å². The highest BCUT2D eigenvalue weighted by molar-refractivity contribution is 6.35. The number of ether oxygens (including phenoxy) is 2. The summed E-state index contributed by atoms with van der Waals surface area (Å²) in [5, 5.41) is 9.25. The highest BCUT2D eigenvalue weighted by Gasteiger charge is 2.15. The van der Waals surface area contributed by atoms with Gasteiger partial charge in [0, 0.05) is 12.2 Å². The molecule has 0 atom stereocenters. The van der Waals surface area contributed by atoms with Gasteiger partial charge in [-0.1, -0.05) is 42.6 Å². The average Bonchev–Trinajstić information content (AvgIpc) is 2.79. The van der Waals surface area contributed by atoms with Crippen molar-refractivity contribution in [2.24, 2.45) is 5.10 Å². The van der Waals surface area contributed by atoms with Crippen LogP contribution in [0.25, 0.3) is 0 Å². The number of carbonyl (C=O) groups is 3. The van der Waals surface area contributed by atoms with Crippen LogP contribution in [0.2, 0.25) is 5.02 Å². The molecule has 0 aliphatic rings. The van der Waals surface area contributed by atoms with Crippen LogP contribution in [0, 0.1) is 13.8 Å². The standard InChI is InChI=1S/C24H29ClN4O5/c1-5-6-9-26-23(31)24(32)29-27-13-17-11-18(25)22(20(12-17)33-4)34-14-21(30)28-19-8-7-15(2)10-16(19)3/h7-8,10-13H,5-6,9,14H2,1-4H3,(H,26,31)(H,28,30)(H,29,32)/b27-13-. The van der Waals surface area contributed by atoms with Crippen molar-refractivity contribution < 1.29 is 23.9 Å². The molecule has 0 aromatic heterocycles. The number of hydrogen-bond donors (Lipinski definition) is 3. The first-order valence-corrected chi connectivity index (χ1v) is 11.1. The first-order chi connectivity index (χ1) is 16.2. The number of hydrogen-bond acceptors (Lipinski definition) is 6. The maximum Gasteiger partial charge on any atom is 0.329 e. The first kappa shape index (κ1) is 26.7. The number of aryl methyl sites for hydroxylation is 2. The molecule has 0 saturated heterocycles. The van der Waals surface area contributed by atoms with Crippen LogP contribution in [-0.4, -0.2) is 44.2 Å². The summed E-state index contributed by atoms with van der Waals surface area (Å²) in [5.74, 6) is -1.52. The van der Waals surface area contributed by atoms with Gasteiger partial charge >= 0.3 is 11.8 Å². The summed E-state index contributed by atoms with van der Waals surface area (Å²) in [7, 11) is 1.43. The van der Waals surface area contributed by atoms with E-state index in [1.54, 1.807) is 6.07 Å². The summed E-state index contributed by atoms with van der Waals surface area (Å²) in [6, 6.07) is 8.80. The Hall–Kier alpha value is -3.59. The molecule has 0 unspecified atom stereocenters. The van der Waals surface area contributed by atoms with Gasteiger partial charge in [-0.05, 0) is 49.6 Å². The lowest BCUT2D eigenvalue weighted by Crippen LogP contribution is -2.38. The maximum absolute atomic E-state index is 12.3. The van der Waals surface area contributed by atoms with E-state index in [1.165, 1.54) is 19.4 Å². The van der Waals surface area contributed by atoms with E-state index in [4.69, 9.17) is 21.1 Å². The third-order valence-electron chi connectivity index (χ3n) is 4.66. The second-order valence-corrected chi connectivity index (χ2v) is 7.91. The van der Waals surface area contributed by atoms with E-state index in [0.29, 0.717) is 17.8 Å². The number of halogens is 1. The van der Waals surface area contributed by atoms with Crippen molar-refractivity contribution in [2.75, 3.05) is 25.6 Å². The minimum Gasteiger partial charge on any atom is -0.493 e. The molecule has 0 fully saturated rings. The summed E-state index contributed by atoms with van der Waals surface area (Å²) in [5.41, 5.74) is 5.38. The van der Waals surface area contributed by atoms with Gasteiger partial charge in [-0.25, -0.2) is 5.43 Å². The maximum atomic E-state index is 12.3. The molecule has 0 radical (unpaired) electrons. The smallest absolute Gasteiger partial charge is 0.329 e. The highest BCUT2D eigenvalue weighted by atomic mass is 35.5. The van der Waals surface area contributed by atoms with Gasteiger partial charge in [0.2, 0.25) is 0 Å². The third kappa shape index (κ3) is 8.08. The molecule has 34 heavy (non-hydrogen) atoms. The SMILES string of the molecule is CCCCNC(=O)C(=O)N/N=C\c1cc(Cl)c(OCC(=O)Nc2ccc(C)cc2C)c(OC)c1. The van der Waals surface area contributed by atoms with Gasteiger partial charge in [0.1, 0.15) is 0 Å². The number of methoxy groups -OCH3 is 1. The fourth-order valence-corrected chi connectivity index (χ4v) is 3.18. The summed E-state index contributed by atoms with van der Waals surface area (Å²) in [4.78, 5) is 35.7. The Morgan fingerprint density at radius 1 is 1.12 bits per heavy atom. The predicted octanol–water partition coefficient (Wildman–Crippen LogP) is 3.35. The quantitative estimate of drug-likeness (QED) is 0.205. The summed E-state index contributed by atoms with van der Waals surface area (Å²) >= 11 is 6.31. The van der Waals surface area contributed by atoms with Crippen LogP contribution in [-0.2, 0) is 14.4 Å². The Labute approximate surface area is 203 Å². The molecule has 10 heteroatoms. The minimum atomic E-state index is -0.875. The topological polar surface area (TPSA) is 118 Å². The molecule has 182 valence electrons. The van der Waals surface area contributed by atoms with E-state index in [2.05, 4.69) is 21.2 Å². The molecule has 0 spiro atoms. The van der Waals surface area contributed by atoms with E-state index < -0.39 is 11.8 Å². The van der Waals surface area contributed by atoms with Gasteiger partial charge in [0.15, 0.2) is 18.1 Å². The fourth-order valence-electron chi connectivity index (χ4n) is 2.91. The van der Waals surface area contributed by atoms with Gasteiger partial charge in [-0.2, -0.15) is 5.10 Å². The first-order valence-electron chi connectivity index (χ1n) is 10.7. The summed E-state index contributed by atoms with van der Waals surface area (Å²) < 4.78 is 10.9. The van der Waals surface area contributed by atoms with Crippen molar-refractivity contribution in [3.63, 3.8) is 0 Å². The third-order valence-corrected chi connectivity index (χ3v) is 4.94. The highest BCUT2D eigenvalue weighted by Crippen LogP contribution is 2.36. The van der Waals surface area contributed by atoms with Crippen LogP contribution < -0.4 is 25.5 Å². The number of hydrazone groups is 1. The second kappa shape index (κ2) is 13.2. The number of anilines is 1. The summed E-state index contributed by atoms with van der Waals surface area (Å²) in [6.45, 7) is 6.01. The van der Waals surface area contributed by atoms with Crippen LogP contribution in [0.1, 0.15) is 36.5 Å². The van der Waals surface area contributed by atoms with Crippen molar-refractivity contribution in [1.29, 1.82) is 0 Å². The molecular formula is C24H29ClN4O5. The van der Waals surface area contributed by atoms with Gasteiger partial charge in [0.05, 0.1) is 18.3 Å². The van der Waals surface area contributed by atoms with E-state index in [-0.39, 0.29) is 29.0 Å². The number of rotatable bonds is 10. The van der Waals surface area contributed by atoms with Crippen molar-refractivity contribution in [3.8, 4) is 11.5 Å². The molecular weight excluding hydrogens is 460 g/mol. The zero-order valence-electron chi connectivity index (χ0n) is 19.7. The number of nitrogens with one attached hydrogen (secondary N) is 3. The lowest BCUT2D eigenvalue weighted by Gasteiger charge is -2.14. The molecule has 9 nitrogen and oxygen atoms in total. The second-order valence-electron chi connectivity index (χ2n) is 7.50. The number of unbranched alkanes of at least 4 members (excludes halogenated alkanes) is 1. The molecule has 0 aliphatic heterocycles. The van der Waals surface area contributed by atoms with Crippen molar-refractivity contribution >= 4 is 41.2 Å². The van der Waals surface area contributed by atoms with Crippen LogP contribution >= 0.6 is 11.6 Å². The van der Waals surface area contributed by atoms with Gasteiger partial charge in [-0.15, -0.1) is 0 Å². The number of amides is 3. The molecule has 0 aliphatic carbocycles. The van der Waals surface area contributed by atoms with E-state index in [0.717, 1.165) is 24.0 Å². The lowest BCUT2D eigenvalue weighted by atomic mass is 10.1. The number of benzene rings is 2. The molecule has 0 heterocycles. The minimum absolute atomic E-state index is 0.184. The van der Waals surface area contributed by atoms with E-state index in [1.807, 2.05) is 39.0 Å². The van der Waals surface area contributed by atoms with Crippen molar-refractivity contribution in [2.45, 2.75) is 33.6 Å². The monoisotopic (exact) mass is 488 g/mol. The Balaban J connectivity index is 1.98. The van der Waals surface area contributed by atoms with Crippen LogP contribution in [0.3, 0.4) is 0 Å².